The average Bonchev–Trinajstić information content (AvgIpc) is 2.53. The zero-order valence-electron chi connectivity index (χ0n) is 12.6. The quantitative estimate of drug-likeness (QED) is 0.621. The van der Waals surface area contributed by atoms with Gasteiger partial charge in [0.05, 0.1) is 0 Å². The van der Waals surface area contributed by atoms with E-state index in [1.165, 1.54) is 36.3 Å². The molecule has 0 spiro atoms. The van der Waals surface area contributed by atoms with Crippen molar-refractivity contribution in [2.45, 2.75) is 45.2 Å². The fraction of sp³-hybridized carbons (Fsp3) is 0.368. The molecule has 106 valence electrons. The molecule has 2 aromatic carbocycles. The summed E-state index contributed by atoms with van der Waals surface area (Å²) in [5, 5.41) is 3.05. The molecule has 2 aromatic rings. The highest BCUT2D eigenvalue weighted by atomic mass is 31.1. The molecule has 1 heteroatoms. The molecule has 0 aromatic heterocycles. The first kappa shape index (κ1) is 15.3. The molecule has 1 atom stereocenters. The number of rotatable bonds is 7. The van der Waals surface area contributed by atoms with E-state index in [2.05, 4.69) is 74.5 Å². The van der Waals surface area contributed by atoms with E-state index in [1.54, 1.807) is 0 Å². The Morgan fingerprint density at radius 1 is 0.800 bits per heavy atom. The van der Waals surface area contributed by atoms with Crippen molar-refractivity contribution in [3.63, 3.8) is 0 Å². The lowest BCUT2D eigenvalue weighted by Crippen LogP contribution is -2.21. The molecular formula is C19H25P. The van der Waals surface area contributed by atoms with Crippen LogP contribution in [0.25, 0.3) is 0 Å². The molecule has 0 aliphatic rings. The van der Waals surface area contributed by atoms with E-state index in [-0.39, 0.29) is 7.92 Å². The molecule has 0 N–H and O–H groups in total. The predicted molar refractivity (Wildman–Crippen MR) is 92.7 cm³/mol. The summed E-state index contributed by atoms with van der Waals surface area (Å²) in [7, 11) is -0.226. The van der Waals surface area contributed by atoms with E-state index in [4.69, 9.17) is 0 Å². The van der Waals surface area contributed by atoms with Crippen molar-refractivity contribution in [3.8, 4) is 0 Å². The molecule has 2 rings (SSSR count). The standard InChI is InChI=1S/C19H25P/c1-3-5-12-17(4-2)20(18-13-8-6-9-14-18)19-15-10-7-11-16-19/h6-11,13-17H,3-5,12H2,1-2H3/t17-/m0/s1. The molecule has 0 saturated heterocycles. The van der Waals surface area contributed by atoms with E-state index in [0.717, 1.165) is 5.66 Å². The summed E-state index contributed by atoms with van der Waals surface area (Å²) in [5.74, 6) is 0. The topological polar surface area (TPSA) is 0 Å². The highest BCUT2D eigenvalue weighted by Crippen LogP contribution is 2.43. The normalized spacial score (nSPS) is 12.6. The summed E-state index contributed by atoms with van der Waals surface area (Å²) < 4.78 is 0. The Morgan fingerprint density at radius 3 is 1.70 bits per heavy atom. The first-order chi connectivity index (χ1) is 9.86. The fourth-order valence-electron chi connectivity index (χ4n) is 2.70. The van der Waals surface area contributed by atoms with Gasteiger partial charge in [-0.1, -0.05) is 87.4 Å². The maximum atomic E-state index is 2.35. The van der Waals surface area contributed by atoms with Gasteiger partial charge in [0, 0.05) is 0 Å². The SMILES string of the molecule is CCCC[C@H](CC)P(c1ccccc1)c1ccccc1. The first-order valence-corrected chi connectivity index (χ1v) is 9.17. The summed E-state index contributed by atoms with van der Waals surface area (Å²) in [6.07, 6.45) is 5.26. The van der Waals surface area contributed by atoms with Gasteiger partial charge in [-0.15, -0.1) is 0 Å². The minimum Gasteiger partial charge on any atom is -0.0654 e. The maximum absolute atomic E-state index is 2.35. The van der Waals surface area contributed by atoms with E-state index < -0.39 is 0 Å². The minimum absolute atomic E-state index is 0.226. The third kappa shape index (κ3) is 3.93. The molecule has 0 saturated carbocycles. The summed E-state index contributed by atoms with van der Waals surface area (Å²) in [6.45, 7) is 4.64. The van der Waals surface area contributed by atoms with Crippen LogP contribution in [0.2, 0.25) is 0 Å². The summed E-state index contributed by atoms with van der Waals surface area (Å²) in [5.41, 5.74) is 0.801. The van der Waals surface area contributed by atoms with E-state index in [1.807, 2.05) is 0 Å². The lowest BCUT2D eigenvalue weighted by Gasteiger charge is -2.28. The third-order valence-corrected chi connectivity index (χ3v) is 6.86. The van der Waals surface area contributed by atoms with Gasteiger partial charge in [-0.3, -0.25) is 0 Å². The Hall–Kier alpha value is -1.13. The van der Waals surface area contributed by atoms with Gasteiger partial charge < -0.3 is 0 Å². The van der Waals surface area contributed by atoms with Gasteiger partial charge in [-0.25, -0.2) is 0 Å². The molecule has 0 amide bonds. The van der Waals surface area contributed by atoms with Crippen molar-refractivity contribution in [2.24, 2.45) is 0 Å². The van der Waals surface area contributed by atoms with Crippen molar-refractivity contribution >= 4 is 18.5 Å². The molecule has 0 radical (unpaired) electrons. The Labute approximate surface area is 125 Å². The fourth-order valence-corrected chi connectivity index (χ4v) is 5.64. The highest BCUT2D eigenvalue weighted by Gasteiger charge is 2.22. The largest absolute Gasteiger partial charge is 0.0654 e. The van der Waals surface area contributed by atoms with Crippen molar-refractivity contribution < 1.29 is 0 Å². The van der Waals surface area contributed by atoms with Crippen LogP contribution >= 0.6 is 7.92 Å². The summed E-state index contributed by atoms with van der Waals surface area (Å²) >= 11 is 0. The second-order valence-electron chi connectivity index (χ2n) is 5.25. The molecule has 0 unspecified atom stereocenters. The number of benzene rings is 2. The molecule has 0 aliphatic heterocycles. The Kier molecular flexibility index (Phi) is 6.27. The van der Waals surface area contributed by atoms with E-state index in [9.17, 15) is 0 Å². The van der Waals surface area contributed by atoms with Crippen LogP contribution in [0, 0.1) is 0 Å². The van der Waals surface area contributed by atoms with Gasteiger partial charge in [0.2, 0.25) is 0 Å². The highest BCUT2D eigenvalue weighted by molar-refractivity contribution is 7.73. The van der Waals surface area contributed by atoms with E-state index >= 15 is 0 Å². The minimum atomic E-state index is -0.226. The summed E-state index contributed by atoms with van der Waals surface area (Å²) in [4.78, 5) is 0. The second kappa shape index (κ2) is 8.22. The second-order valence-corrected chi connectivity index (χ2v) is 7.75. The van der Waals surface area contributed by atoms with Gasteiger partial charge in [0.1, 0.15) is 0 Å². The predicted octanol–water partition coefficient (Wildman–Crippen LogP) is 5.09. The van der Waals surface area contributed by atoms with Crippen LogP contribution in [-0.2, 0) is 0 Å². The number of hydrogen-bond acceptors (Lipinski definition) is 0. The Bertz CT molecular complexity index is 438. The third-order valence-electron chi connectivity index (χ3n) is 3.80. The maximum Gasteiger partial charge on any atom is -0.0131 e. The van der Waals surface area contributed by atoms with Crippen LogP contribution in [0.5, 0.6) is 0 Å². The van der Waals surface area contributed by atoms with Gasteiger partial charge in [-0.05, 0) is 37.0 Å². The van der Waals surface area contributed by atoms with E-state index in [0.29, 0.717) is 0 Å². The lowest BCUT2D eigenvalue weighted by molar-refractivity contribution is 0.666. The van der Waals surface area contributed by atoms with Gasteiger partial charge in [0.15, 0.2) is 0 Å². The average molecular weight is 284 g/mol. The number of unbranched alkanes of at least 4 members (excludes halogenated alkanes) is 1. The van der Waals surface area contributed by atoms with Crippen LogP contribution in [0.3, 0.4) is 0 Å². The lowest BCUT2D eigenvalue weighted by atomic mass is 10.2. The van der Waals surface area contributed by atoms with Gasteiger partial charge in [-0.2, -0.15) is 0 Å². The number of hydrogen-bond donors (Lipinski definition) is 0. The van der Waals surface area contributed by atoms with Crippen LogP contribution in [0.1, 0.15) is 39.5 Å². The van der Waals surface area contributed by atoms with Crippen molar-refractivity contribution in [2.75, 3.05) is 0 Å². The first-order valence-electron chi connectivity index (χ1n) is 7.76. The van der Waals surface area contributed by atoms with Crippen LogP contribution in [0.4, 0.5) is 0 Å². The molecule has 0 heterocycles. The molecule has 20 heavy (non-hydrogen) atoms. The monoisotopic (exact) mass is 284 g/mol. The van der Waals surface area contributed by atoms with Crippen molar-refractivity contribution in [1.29, 1.82) is 0 Å². The zero-order chi connectivity index (χ0) is 14.2. The van der Waals surface area contributed by atoms with Crippen molar-refractivity contribution in [3.05, 3.63) is 60.7 Å². The Morgan fingerprint density at radius 2 is 1.30 bits per heavy atom. The molecule has 0 aliphatic carbocycles. The molecule has 0 fully saturated rings. The van der Waals surface area contributed by atoms with Gasteiger partial charge >= 0.3 is 0 Å². The van der Waals surface area contributed by atoms with Crippen LogP contribution in [0.15, 0.2) is 60.7 Å². The molecular weight excluding hydrogens is 259 g/mol. The Balaban J connectivity index is 2.33. The molecule has 0 nitrogen and oxygen atoms in total. The molecule has 0 bridgehead atoms. The van der Waals surface area contributed by atoms with Gasteiger partial charge in [0.25, 0.3) is 0 Å². The van der Waals surface area contributed by atoms with Crippen LogP contribution in [-0.4, -0.2) is 5.66 Å². The smallest absolute Gasteiger partial charge is 0.0131 e. The zero-order valence-corrected chi connectivity index (χ0v) is 13.5. The summed E-state index contributed by atoms with van der Waals surface area (Å²) in [6, 6.07) is 22.2. The van der Waals surface area contributed by atoms with Crippen LogP contribution < -0.4 is 10.6 Å². The van der Waals surface area contributed by atoms with Crippen molar-refractivity contribution in [1.82, 2.24) is 0 Å².